The first kappa shape index (κ1) is 17.7. The lowest BCUT2D eigenvalue weighted by molar-refractivity contribution is 0.0795. The van der Waals surface area contributed by atoms with Crippen LogP contribution in [0.1, 0.15) is 40.1 Å². The van der Waals surface area contributed by atoms with Gasteiger partial charge in [-0.05, 0) is 62.0 Å². The highest BCUT2D eigenvalue weighted by Crippen LogP contribution is 2.33. The fourth-order valence-corrected chi connectivity index (χ4v) is 5.07. The van der Waals surface area contributed by atoms with Gasteiger partial charge in [-0.15, -0.1) is 11.3 Å². The summed E-state index contributed by atoms with van der Waals surface area (Å²) in [6.07, 6.45) is 3.55. The van der Waals surface area contributed by atoms with Gasteiger partial charge in [0.05, 0.1) is 4.88 Å². The molecule has 4 nitrogen and oxygen atoms in total. The molecule has 0 bridgehead atoms. The maximum atomic E-state index is 12.8. The topological polar surface area (TPSA) is 49.6 Å². The van der Waals surface area contributed by atoms with E-state index in [2.05, 4.69) is 35.2 Å². The minimum Gasteiger partial charge on any atom is -0.336 e. The first-order chi connectivity index (χ1) is 12.6. The number of benzene rings is 1. The quantitative estimate of drug-likeness (QED) is 0.897. The van der Waals surface area contributed by atoms with Crippen LogP contribution in [0.5, 0.6) is 0 Å². The molecule has 1 aromatic heterocycles. The van der Waals surface area contributed by atoms with Crippen LogP contribution in [0.25, 0.3) is 10.4 Å². The van der Waals surface area contributed by atoms with E-state index in [4.69, 9.17) is 5.73 Å². The highest BCUT2D eigenvalue weighted by atomic mass is 32.1. The predicted octanol–water partition coefficient (Wildman–Crippen LogP) is 3.49. The number of aryl methyl sites for hydroxylation is 1. The first-order valence-electron chi connectivity index (χ1n) is 9.57. The lowest BCUT2D eigenvalue weighted by Gasteiger charge is -2.15. The zero-order valence-electron chi connectivity index (χ0n) is 15.4. The predicted molar refractivity (Wildman–Crippen MR) is 107 cm³/mol. The Morgan fingerprint density at radius 3 is 2.58 bits per heavy atom. The monoisotopic (exact) mass is 369 g/mol. The molecule has 3 heterocycles. The molecular formula is C21H27N3OS. The highest BCUT2D eigenvalue weighted by Gasteiger charge is 2.27. The zero-order chi connectivity index (χ0) is 18.1. The molecule has 0 unspecified atom stereocenters. The number of nitrogens with two attached hydrogens (primary N) is 1. The van der Waals surface area contributed by atoms with E-state index in [0.29, 0.717) is 6.54 Å². The molecule has 2 aliphatic rings. The fraction of sp³-hybridized carbons (Fsp3) is 0.476. The number of likely N-dealkylation sites (tertiary alicyclic amines) is 2. The van der Waals surface area contributed by atoms with Gasteiger partial charge >= 0.3 is 0 Å². The Bertz CT molecular complexity index is 777. The summed E-state index contributed by atoms with van der Waals surface area (Å²) in [6.45, 7) is 6.97. The molecule has 138 valence electrons. The second-order valence-electron chi connectivity index (χ2n) is 7.60. The van der Waals surface area contributed by atoms with Gasteiger partial charge in [0, 0.05) is 30.6 Å². The van der Waals surface area contributed by atoms with Gasteiger partial charge in [0.15, 0.2) is 0 Å². The Kier molecular flexibility index (Phi) is 5.11. The number of rotatable bonds is 4. The van der Waals surface area contributed by atoms with Crippen molar-refractivity contribution in [1.29, 1.82) is 0 Å². The van der Waals surface area contributed by atoms with Crippen molar-refractivity contribution in [1.82, 2.24) is 9.80 Å². The summed E-state index contributed by atoms with van der Waals surface area (Å²) < 4.78 is 0. The molecule has 0 radical (unpaired) electrons. The number of thiophene rings is 1. The van der Waals surface area contributed by atoms with E-state index in [1.165, 1.54) is 41.9 Å². The van der Waals surface area contributed by atoms with Crippen molar-refractivity contribution in [3.63, 3.8) is 0 Å². The molecule has 1 atom stereocenters. The Balaban J connectivity index is 1.48. The van der Waals surface area contributed by atoms with Gasteiger partial charge in [0.25, 0.3) is 5.91 Å². The molecular weight excluding hydrogens is 342 g/mol. The van der Waals surface area contributed by atoms with E-state index >= 15 is 0 Å². The molecule has 2 aromatic rings. The normalized spacial score (nSPS) is 20.8. The Morgan fingerprint density at radius 2 is 1.92 bits per heavy atom. The summed E-state index contributed by atoms with van der Waals surface area (Å²) >= 11 is 1.61. The second kappa shape index (κ2) is 7.51. The van der Waals surface area contributed by atoms with Gasteiger partial charge in [-0.25, -0.2) is 0 Å². The van der Waals surface area contributed by atoms with Crippen LogP contribution in [0.3, 0.4) is 0 Å². The highest BCUT2D eigenvalue weighted by molar-refractivity contribution is 7.17. The van der Waals surface area contributed by atoms with Crippen molar-refractivity contribution in [2.75, 3.05) is 26.2 Å². The van der Waals surface area contributed by atoms with Gasteiger partial charge in [0.1, 0.15) is 0 Å². The van der Waals surface area contributed by atoms with Gasteiger partial charge in [-0.2, -0.15) is 0 Å². The van der Waals surface area contributed by atoms with Crippen molar-refractivity contribution in [3.05, 3.63) is 46.3 Å². The molecule has 5 heteroatoms. The largest absolute Gasteiger partial charge is 0.336 e. The summed E-state index contributed by atoms with van der Waals surface area (Å²) in [5, 5.41) is 0. The third kappa shape index (κ3) is 3.70. The second-order valence-corrected chi connectivity index (χ2v) is 8.66. The lowest BCUT2D eigenvalue weighted by Crippen LogP contribution is -2.31. The number of hydrogen-bond acceptors (Lipinski definition) is 4. The summed E-state index contributed by atoms with van der Waals surface area (Å²) in [6, 6.07) is 11.1. The van der Waals surface area contributed by atoms with Gasteiger partial charge in [-0.3, -0.25) is 9.69 Å². The van der Waals surface area contributed by atoms with Crippen LogP contribution >= 0.6 is 11.3 Å². The van der Waals surface area contributed by atoms with Crippen molar-refractivity contribution >= 4 is 17.2 Å². The standard InChI is InChI=1S/C21H27N3OS/c1-15-12-19(26-20(15)21(25)24-11-8-18(22)14-24)17-6-4-16(5-7-17)13-23-9-2-3-10-23/h4-7,12,18H,2-3,8-11,13-14,22H2,1H3/t18-/m0/s1. The van der Waals surface area contributed by atoms with Crippen LogP contribution < -0.4 is 5.73 Å². The van der Waals surface area contributed by atoms with Crippen molar-refractivity contribution in [2.24, 2.45) is 5.73 Å². The zero-order valence-corrected chi connectivity index (χ0v) is 16.2. The Morgan fingerprint density at radius 1 is 1.19 bits per heavy atom. The number of carbonyl (C=O) groups is 1. The SMILES string of the molecule is Cc1cc(-c2ccc(CN3CCCC3)cc2)sc1C(=O)N1CC[C@H](N)C1. The van der Waals surface area contributed by atoms with E-state index in [-0.39, 0.29) is 11.9 Å². The third-order valence-corrected chi connectivity index (χ3v) is 6.74. The molecule has 1 aromatic carbocycles. The Labute approximate surface area is 159 Å². The minimum atomic E-state index is 0.127. The molecule has 4 rings (SSSR count). The number of amides is 1. The van der Waals surface area contributed by atoms with E-state index in [0.717, 1.165) is 30.0 Å². The van der Waals surface area contributed by atoms with Crippen LogP contribution in [0.4, 0.5) is 0 Å². The maximum absolute atomic E-state index is 12.8. The van der Waals surface area contributed by atoms with Crippen molar-refractivity contribution in [3.8, 4) is 10.4 Å². The lowest BCUT2D eigenvalue weighted by atomic mass is 10.1. The van der Waals surface area contributed by atoms with E-state index in [1.807, 2.05) is 11.8 Å². The first-order valence-corrected chi connectivity index (χ1v) is 10.4. The molecule has 2 aliphatic heterocycles. The maximum Gasteiger partial charge on any atom is 0.264 e. The van der Waals surface area contributed by atoms with Crippen LogP contribution in [0, 0.1) is 6.92 Å². The van der Waals surface area contributed by atoms with E-state index < -0.39 is 0 Å². The van der Waals surface area contributed by atoms with Crippen LogP contribution in [0.2, 0.25) is 0 Å². The molecule has 1 amide bonds. The van der Waals surface area contributed by atoms with Gasteiger partial charge in [0.2, 0.25) is 0 Å². The fourth-order valence-electron chi connectivity index (χ4n) is 3.93. The molecule has 2 fully saturated rings. The summed E-state index contributed by atoms with van der Waals surface area (Å²) in [7, 11) is 0. The van der Waals surface area contributed by atoms with Gasteiger partial charge < -0.3 is 10.6 Å². The third-order valence-electron chi connectivity index (χ3n) is 5.47. The van der Waals surface area contributed by atoms with Crippen LogP contribution in [-0.2, 0) is 6.54 Å². The van der Waals surface area contributed by atoms with Crippen molar-refractivity contribution in [2.45, 2.75) is 38.8 Å². The summed E-state index contributed by atoms with van der Waals surface area (Å²) in [5.41, 5.74) is 9.58. The smallest absolute Gasteiger partial charge is 0.264 e. The summed E-state index contributed by atoms with van der Waals surface area (Å²) in [4.78, 5) is 19.2. The van der Waals surface area contributed by atoms with Crippen LogP contribution in [0.15, 0.2) is 30.3 Å². The molecule has 0 aliphatic carbocycles. The molecule has 0 saturated carbocycles. The van der Waals surface area contributed by atoms with Gasteiger partial charge in [-0.1, -0.05) is 24.3 Å². The number of carbonyl (C=O) groups excluding carboxylic acids is 1. The van der Waals surface area contributed by atoms with E-state index in [1.54, 1.807) is 11.3 Å². The molecule has 26 heavy (non-hydrogen) atoms. The van der Waals surface area contributed by atoms with Crippen molar-refractivity contribution < 1.29 is 4.79 Å². The average Bonchev–Trinajstić information content (AvgIpc) is 3.37. The summed E-state index contributed by atoms with van der Waals surface area (Å²) in [5.74, 6) is 0.136. The average molecular weight is 370 g/mol. The molecule has 2 N–H and O–H groups in total. The molecule has 2 saturated heterocycles. The van der Waals surface area contributed by atoms with Crippen LogP contribution in [-0.4, -0.2) is 47.9 Å². The number of nitrogens with zero attached hydrogens (tertiary/aromatic N) is 2. The minimum absolute atomic E-state index is 0.127. The number of hydrogen-bond donors (Lipinski definition) is 1. The van der Waals surface area contributed by atoms with E-state index in [9.17, 15) is 4.79 Å². The Hall–Kier alpha value is -1.69. The molecule has 0 spiro atoms.